The molecule has 5 heteroatoms. The molecule has 4 nitrogen and oxygen atoms in total. The normalized spacial score (nSPS) is 11.6. The third kappa shape index (κ3) is 3.42. The standard InChI is InChI=1S/C23H18N2O2S/c1-3-13-25-20-12-11-19(27-4-2)15-21(20)28-23(25)24-22(26)18-10-9-16-7-5-6-8-17(16)14-18/h1,5-12,14-15H,4,13H2,2H3. The molecule has 0 spiro atoms. The topological polar surface area (TPSA) is 43.6 Å². The van der Waals surface area contributed by atoms with Crippen LogP contribution in [0.5, 0.6) is 5.75 Å². The third-order valence-electron chi connectivity index (χ3n) is 4.41. The van der Waals surface area contributed by atoms with Crippen molar-refractivity contribution in [2.75, 3.05) is 6.61 Å². The average Bonchev–Trinajstić information content (AvgIpc) is 3.04. The van der Waals surface area contributed by atoms with Gasteiger partial charge in [0.15, 0.2) is 4.80 Å². The SMILES string of the molecule is C#CCn1c(=NC(=O)c2ccc3ccccc3c2)sc2cc(OCC)ccc21. The maximum absolute atomic E-state index is 12.8. The Morgan fingerprint density at radius 1 is 1.14 bits per heavy atom. The van der Waals surface area contributed by atoms with Gasteiger partial charge in [-0.3, -0.25) is 4.79 Å². The summed E-state index contributed by atoms with van der Waals surface area (Å²) in [5, 5.41) is 2.10. The third-order valence-corrected chi connectivity index (χ3v) is 5.45. The Labute approximate surface area is 166 Å². The van der Waals surface area contributed by atoms with Crippen LogP contribution in [-0.2, 0) is 6.54 Å². The number of amides is 1. The lowest BCUT2D eigenvalue weighted by molar-refractivity contribution is 0.0998. The molecule has 0 atom stereocenters. The lowest BCUT2D eigenvalue weighted by Gasteiger charge is -2.03. The summed E-state index contributed by atoms with van der Waals surface area (Å²) in [6.45, 7) is 2.89. The average molecular weight is 386 g/mol. The number of aromatic nitrogens is 1. The zero-order valence-corrected chi connectivity index (χ0v) is 16.2. The van der Waals surface area contributed by atoms with Crippen molar-refractivity contribution in [2.24, 2.45) is 4.99 Å². The fourth-order valence-electron chi connectivity index (χ4n) is 3.11. The minimum absolute atomic E-state index is 0.284. The van der Waals surface area contributed by atoms with E-state index in [1.54, 1.807) is 6.07 Å². The Hall–Kier alpha value is -3.36. The van der Waals surface area contributed by atoms with Crippen molar-refractivity contribution in [1.82, 2.24) is 4.57 Å². The number of benzene rings is 3. The molecule has 0 saturated carbocycles. The van der Waals surface area contributed by atoms with E-state index >= 15 is 0 Å². The van der Waals surface area contributed by atoms with Crippen LogP contribution in [0.2, 0.25) is 0 Å². The zero-order valence-electron chi connectivity index (χ0n) is 15.4. The summed E-state index contributed by atoms with van der Waals surface area (Å²) in [5.41, 5.74) is 1.50. The van der Waals surface area contributed by atoms with Gasteiger partial charge in [0.05, 0.1) is 23.4 Å². The van der Waals surface area contributed by atoms with E-state index in [2.05, 4.69) is 10.9 Å². The molecule has 1 amide bonds. The molecule has 0 aliphatic heterocycles. The van der Waals surface area contributed by atoms with Crippen LogP contribution in [0.25, 0.3) is 21.0 Å². The van der Waals surface area contributed by atoms with E-state index in [-0.39, 0.29) is 5.91 Å². The molecule has 0 fully saturated rings. The lowest BCUT2D eigenvalue weighted by Crippen LogP contribution is -2.16. The van der Waals surface area contributed by atoms with Gasteiger partial charge in [-0.1, -0.05) is 47.6 Å². The number of thiazole rings is 1. The second kappa shape index (κ2) is 7.71. The summed E-state index contributed by atoms with van der Waals surface area (Å²) >= 11 is 1.43. The second-order valence-electron chi connectivity index (χ2n) is 6.22. The first-order valence-corrected chi connectivity index (χ1v) is 9.79. The summed E-state index contributed by atoms with van der Waals surface area (Å²) in [4.78, 5) is 17.8. The van der Waals surface area contributed by atoms with E-state index in [0.29, 0.717) is 23.5 Å². The Morgan fingerprint density at radius 2 is 1.96 bits per heavy atom. The van der Waals surface area contributed by atoms with Gasteiger partial charge in [0.2, 0.25) is 0 Å². The van der Waals surface area contributed by atoms with Gasteiger partial charge in [-0.2, -0.15) is 4.99 Å². The van der Waals surface area contributed by atoms with E-state index in [1.807, 2.05) is 66.1 Å². The van der Waals surface area contributed by atoms with Crippen LogP contribution in [0.1, 0.15) is 17.3 Å². The van der Waals surface area contributed by atoms with E-state index in [0.717, 1.165) is 26.7 Å². The quantitative estimate of drug-likeness (QED) is 0.480. The molecule has 0 aliphatic rings. The molecular weight excluding hydrogens is 368 g/mol. The van der Waals surface area contributed by atoms with Gasteiger partial charge in [-0.15, -0.1) is 6.42 Å². The van der Waals surface area contributed by atoms with Gasteiger partial charge < -0.3 is 9.30 Å². The van der Waals surface area contributed by atoms with Crippen molar-refractivity contribution in [3.8, 4) is 18.1 Å². The first kappa shape index (κ1) is 18.0. The summed E-state index contributed by atoms with van der Waals surface area (Å²) in [5.74, 6) is 3.15. The molecule has 3 aromatic carbocycles. The summed E-state index contributed by atoms with van der Waals surface area (Å²) in [6, 6.07) is 19.4. The molecule has 28 heavy (non-hydrogen) atoms. The summed E-state index contributed by atoms with van der Waals surface area (Å²) in [6.07, 6.45) is 5.54. The minimum atomic E-state index is -0.284. The number of rotatable bonds is 4. The highest BCUT2D eigenvalue weighted by molar-refractivity contribution is 7.16. The van der Waals surface area contributed by atoms with Gasteiger partial charge in [0.1, 0.15) is 5.75 Å². The van der Waals surface area contributed by atoms with Crippen molar-refractivity contribution >= 4 is 38.2 Å². The Morgan fingerprint density at radius 3 is 2.75 bits per heavy atom. The smallest absolute Gasteiger partial charge is 0.279 e. The molecule has 1 aromatic heterocycles. The minimum Gasteiger partial charge on any atom is -0.494 e. The van der Waals surface area contributed by atoms with E-state index < -0.39 is 0 Å². The number of hydrogen-bond donors (Lipinski definition) is 0. The number of nitrogens with zero attached hydrogens (tertiary/aromatic N) is 2. The maximum Gasteiger partial charge on any atom is 0.279 e. The van der Waals surface area contributed by atoms with Crippen LogP contribution in [0, 0.1) is 12.3 Å². The molecule has 0 radical (unpaired) electrons. The monoisotopic (exact) mass is 386 g/mol. The first-order valence-electron chi connectivity index (χ1n) is 8.97. The molecule has 0 saturated heterocycles. The Kier molecular flexibility index (Phi) is 4.96. The Bertz CT molecular complexity index is 1290. The fourth-order valence-corrected chi connectivity index (χ4v) is 4.17. The lowest BCUT2D eigenvalue weighted by atomic mass is 10.1. The molecule has 4 aromatic rings. The van der Waals surface area contributed by atoms with E-state index in [9.17, 15) is 4.79 Å². The highest BCUT2D eigenvalue weighted by atomic mass is 32.1. The number of fused-ring (bicyclic) bond motifs is 2. The molecule has 1 heterocycles. The summed E-state index contributed by atoms with van der Waals surface area (Å²) < 4.78 is 8.44. The van der Waals surface area contributed by atoms with Gasteiger partial charge in [-0.25, -0.2) is 0 Å². The van der Waals surface area contributed by atoms with Gasteiger partial charge in [0.25, 0.3) is 5.91 Å². The van der Waals surface area contributed by atoms with Crippen molar-refractivity contribution in [3.63, 3.8) is 0 Å². The van der Waals surface area contributed by atoms with Gasteiger partial charge in [-0.05, 0) is 48.0 Å². The Balaban J connectivity index is 1.81. The molecule has 0 unspecified atom stereocenters. The van der Waals surface area contributed by atoms with Gasteiger partial charge in [0, 0.05) is 5.56 Å². The van der Waals surface area contributed by atoms with Crippen LogP contribution < -0.4 is 9.54 Å². The van der Waals surface area contributed by atoms with Crippen molar-refractivity contribution in [1.29, 1.82) is 0 Å². The van der Waals surface area contributed by atoms with Crippen molar-refractivity contribution in [2.45, 2.75) is 13.5 Å². The van der Waals surface area contributed by atoms with Crippen LogP contribution in [0.3, 0.4) is 0 Å². The maximum atomic E-state index is 12.8. The number of hydrogen-bond acceptors (Lipinski definition) is 3. The highest BCUT2D eigenvalue weighted by Crippen LogP contribution is 2.23. The predicted octanol–water partition coefficient (Wildman–Crippen LogP) is 4.63. The predicted molar refractivity (Wildman–Crippen MR) is 114 cm³/mol. The highest BCUT2D eigenvalue weighted by Gasteiger charge is 2.10. The summed E-state index contributed by atoms with van der Waals surface area (Å²) in [7, 11) is 0. The number of ether oxygens (including phenoxy) is 1. The number of terminal acetylenes is 1. The van der Waals surface area contributed by atoms with Crippen molar-refractivity contribution in [3.05, 3.63) is 71.0 Å². The van der Waals surface area contributed by atoms with Crippen LogP contribution in [0.4, 0.5) is 0 Å². The number of carbonyl (C=O) groups excluding carboxylic acids is 1. The van der Waals surface area contributed by atoms with Gasteiger partial charge >= 0.3 is 0 Å². The second-order valence-corrected chi connectivity index (χ2v) is 7.23. The van der Waals surface area contributed by atoms with Crippen LogP contribution in [0.15, 0.2) is 65.7 Å². The molecule has 138 valence electrons. The molecule has 0 N–H and O–H groups in total. The largest absolute Gasteiger partial charge is 0.494 e. The van der Waals surface area contributed by atoms with E-state index in [4.69, 9.17) is 11.2 Å². The van der Waals surface area contributed by atoms with Crippen LogP contribution >= 0.6 is 11.3 Å². The van der Waals surface area contributed by atoms with E-state index in [1.165, 1.54) is 11.3 Å². The van der Waals surface area contributed by atoms with Crippen LogP contribution in [-0.4, -0.2) is 17.1 Å². The fraction of sp³-hybridized carbons (Fsp3) is 0.130. The number of carbonyl (C=O) groups is 1. The molecule has 4 rings (SSSR count). The molecule has 0 bridgehead atoms. The first-order chi connectivity index (χ1) is 13.7. The molecular formula is C23H18N2O2S. The molecule has 0 aliphatic carbocycles. The van der Waals surface area contributed by atoms with Crippen molar-refractivity contribution < 1.29 is 9.53 Å². The zero-order chi connectivity index (χ0) is 19.5.